The summed E-state index contributed by atoms with van der Waals surface area (Å²) >= 11 is 0. The van der Waals surface area contributed by atoms with E-state index in [1.54, 1.807) is 55.5 Å². The van der Waals surface area contributed by atoms with Crippen LogP contribution in [0.1, 0.15) is 22.8 Å². The molecule has 5 nitrogen and oxygen atoms in total. The fraction of sp³-hybridized carbons (Fsp3) is 0.176. The highest BCUT2D eigenvalue weighted by atomic mass is 16.5. The van der Waals surface area contributed by atoms with Crippen LogP contribution in [0.25, 0.3) is 0 Å². The van der Waals surface area contributed by atoms with Gasteiger partial charge in [0.15, 0.2) is 6.10 Å². The lowest BCUT2D eigenvalue weighted by Gasteiger charge is -2.20. The largest absolute Gasteiger partial charge is 0.480 e. The first-order chi connectivity index (χ1) is 10.6. The summed E-state index contributed by atoms with van der Waals surface area (Å²) in [5, 5.41) is 0. The number of fused-ring (bicyclic) bond motifs is 1. The summed E-state index contributed by atoms with van der Waals surface area (Å²) < 4.78 is 5.59. The molecule has 22 heavy (non-hydrogen) atoms. The molecule has 5 heteroatoms. The van der Waals surface area contributed by atoms with E-state index in [2.05, 4.69) is 0 Å². The van der Waals surface area contributed by atoms with Crippen molar-refractivity contribution in [2.24, 2.45) is 0 Å². The molecule has 0 fully saturated rings. The number of amides is 2. The molecule has 1 aliphatic rings. The molecule has 1 unspecified atom stereocenters. The summed E-state index contributed by atoms with van der Waals surface area (Å²) in [6.45, 7) is 1.84. The molecule has 112 valence electrons. The Bertz CT molecular complexity index is 725. The van der Waals surface area contributed by atoms with E-state index in [1.165, 1.54) is 4.90 Å². The number of rotatable bonds is 2. The van der Waals surface area contributed by atoms with Crippen LogP contribution in [0.5, 0.6) is 5.75 Å². The number of hydrogen-bond acceptors (Lipinski definition) is 4. The highest BCUT2D eigenvalue weighted by Crippen LogP contribution is 2.26. The molecule has 2 amide bonds. The standard InChI is InChI=1S/C17H16N2O3/c1-11-16(20)19(10-12-6-8-13(18)9-7-12)17(21)14-4-2-3-5-15(14)22-11/h2-9,11H,10,18H2,1H3. The molecule has 3 rings (SSSR count). The van der Waals surface area contributed by atoms with E-state index in [9.17, 15) is 9.59 Å². The number of hydrogen-bond donors (Lipinski definition) is 1. The number of ether oxygens (including phenoxy) is 1. The predicted octanol–water partition coefficient (Wildman–Crippen LogP) is 2.22. The Balaban J connectivity index is 1.96. The summed E-state index contributed by atoms with van der Waals surface area (Å²) in [5.41, 5.74) is 7.53. The quantitative estimate of drug-likeness (QED) is 0.681. The van der Waals surface area contributed by atoms with Crippen molar-refractivity contribution in [3.8, 4) is 5.75 Å². The summed E-state index contributed by atoms with van der Waals surface area (Å²) in [7, 11) is 0. The lowest BCUT2D eigenvalue weighted by molar-refractivity contribution is -0.135. The van der Waals surface area contributed by atoms with Crippen molar-refractivity contribution in [3.05, 3.63) is 59.7 Å². The van der Waals surface area contributed by atoms with Gasteiger partial charge in [-0.25, -0.2) is 0 Å². The minimum Gasteiger partial charge on any atom is -0.480 e. The second-order valence-electron chi connectivity index (χ2n) is 5.23. The van der Waals surface area contributed by atoms with Crippen molar-refractivity contribution in [1.82, 2.24) is 4.90 Å². The topological polar surface area (TPSA) is 72.6 Å². The average Bonchev–Trinajstić information content (AvgIpc) is 2.61. The smallest absolute Gasteiger partial charge is 0.270 e. The van der Waals surface area contributed by atoms with Gasteiger partial charge in [-0.15, -0.1) is 0 Å². The normalized spacial score (nSPS) is 17.7. The average molecular weight is 296 g/mol. The van der Waals surface area contributed by atoms with Gasteiger partial charge in [-0.05, 0) is 36.8 Å². The van der Waals surface area contributed by atoms with Gasteiger partial charge in [-0.3, -0.25) is 14.5 Å². The van der Waals surface area contributed by atoms with Crippen LogP contribution in [0.15, 0.2) is 48.5 Å². The number of carbonyl (C=O) groups excluding carboxylic acids is 2. The number of anilines is 1. The first kappa shape index (κ1) is 14.1. The molecule has 0 radical (unpaired) electrons. The number of nitrogen functional groups attached to an aromatic ring is 1. The Morgan fingerprint density at radius 3 is 2.50 bits per heavy atom. The summed E-state index contributed by atoms with van der Waals surface area (Å²) in [5.74, 6) is -0.257. The van der Waals surface area contributed by atoms with Gasteiger partial charge in [0.1, 0.15) is 5.75 Å². The van der Waals surface area contributed by atoms with E-state index in [0.717, 1.165) is 5.56 Å². The highest BCUT2D eigenvalue weighted by Gasteiger charge is 2.33. The van der Waals surface area contributed by atoms with Crippen molar-refractivity contribution >= 4 is 17.5 Å². The highest BCUT2D eigenvalue weighted by molar-refractivity contribution is 6.08. The van der Waals surface area contributed by atoms with Gasteiger partial charge in [0.2, 0.25) is 0 Å². The Labute approximate surface area is 128 Å². The van der Waals surface area contributed by atoms with E-state index < -0.39 is 6.10 Å². The number of benzene rings is 2. The zero-order valence-electron chi connectivity index (χ0n) is 12.2. The van der Waals surface area contributed by atoms with Gasteiger partial charge < -0.3 is 10.5 Å². The van der Waals surface area contributed by atoms with Gasteiger partial charge in [0.25, 0.3) is 11.8 Å². The van der Waals surface area contributed by atoms with Crippen molar-refractivity contribution < 1.29 is 14.3 Å². The predicted molar refractivity (Wildman–Crippen MR) is 82.3 cm³/mol. The van der Waals surface area contributed by atoms with Crippen LogP contribution in [0, 0.1) is 0 Å². The molecular formula is C17H16N2O3. The molecular weight excluding hydrogens is 280 g/mol. The molecule has 0 saturated heterocycles. The maximum atomic E-state index is 12.7. The van der Waals surface area contributed by atoms with Gasteiger partial charge in [-0.2, -0.15) is 0 Å². The zero-order chi connectivity index (χ0) is 15.7. The third kappa shape index (κ3) is 2.53. The SMILES string of the molecule is CC1Oc2ccccc2C(=O)N(Cc2ccc(N)cc2)C1=O. The van der Waals surface area contributed by atoms with Crippen LogP contribution in [0.2, 0.25) is 0 Å². The van der Waals surface area contributed by atoms with Gasteiger partial charge in [-0.1, -0.05) is 24.3 Å². The lowest BCUT2D eigenvalue weighted by Crippen LogP contribution is -2.41. The number of imide groups is 1. The number of para-hydroxylation sites is 1. The Hall–Kier alpha value is -2.82. The zero-order valence-corrected chi connectivity index (χ0v) is 12.2. The second kappa shape index (κ2) is 5.52. The minimum atomic E-state index is -0.707. The van der Waals surface area contributed by atoms with Crippen LogP contribution >= 0.6 is 0 Å². The first-order valence-electron chi connectivity index (χ1n) is 7.02. The van der Waals surface area contributed by atoms with Crippen molar-refractivity contribution in [2.45, 2.75) is 19.6 Å². The Morgan fingerprint density at radius 2 is 1.77 bits per heavy atom. The maximum Gasteiger partial charge on any atom is 0.270 e. The monoisotopic (exact) mass is 296 g/mol. The molecule has 0 bridgehead atoms. The molecule has 1 aliphatic heterocycles. The van der Waals surface area contributed by atoms with Gasteiger partial charge in [0, 0.05) is 5.69 Å². The summed E-state index contributed by atoms with van der Waals surface area (Å²) in [6, 6.07) is 14.0. The van der Waals surface area contributed by atoms with E-state index in [4.69, 9.17) is 10.5 Å². The van der Waals surface area contributed by atoms with Crippen LogP contribution < -0.4 is 10.5 Å². The molecule has 0 saturated carbocycles. The molecule has 1 atom stereocenters. The molecule has 2 N–H and O–H groups in total. The number of nitrogens with zero attached hydrogens (tertiary/aromatic N) is 1. The van der Waals surface area contributed by atoms with Crippen molar-refractivity contribution in [1.29, 1.82) is 0 Å². The summed E-state index contributed by atoms with van der Waals surface area (Å²) in [4.78, 5) is 26.3. The Morgan fingerprint density at radius 1 is 1.09 bits per heavy atom. The van der Waals surface area contributed by atoms with Gasteiger partial charge in [0.05, 0.1) is 12.1 Å². The van der Waals surface area contributed by atoms with Gasteiger partial charge >= 0.3 is 0 Å². The van der Waals surface area contributed by atoms with Crippen LogP contribution in [-0.2, 0) is 11.3 Å². The van der Waals surface area contributed by atoms with E-state index in [1.807, 2.05) is 0 Å². The van der Waals surface area contributed by atoms with E-state index in [-0.39, 0.29) is 18.4 Å². The third-order valence-corrected chi connectivity index (χ3v) is 3.60. The van der Waals surface area contributed by atoms with E-state index in [0.29, 0.717) is 17.0 Å². The second-order valence-corrected chi connectivity index (χ2v) is 5.23. The molecule has 2 aromatic rings. The fourth-order valence-electron chi connectivity index (χ4n) is 2.41. The summed E-state index contributed by atoms with van der Waals surface area (Å²) in [6.07, 6.45) is -0.707. The van der Waals surface area contributed by atoms with Crippen molar-refractivity contribution in [2.75, 3.05) is 5.73 Å². The molecule has 0 spiro atoms. The third-order valence-electron chi connectivity index (χ3n) is 3.60. The van der Waals surface area contributed by atoms with Crippen LogP contribution in [0.4, 0.5) is 5.69 Å². The van der Waals surface area contributed by atoms with E-state index >= 15 is 0 Å². The molecule has 1 heterocycles. The van der Waals surface area contributed by atoms with Crippen LogP contribution in [-0.4, -0.2) is 22.8 Å². The van der Waals surface area contributed by atoms with Crippen LogP contribution in [0.3, 0.4) is 0 Å². The maximum absolute atomic E-state index is 12.7. The molecule has 0 aromatic heterocycles. The first-order valence-corrected chi connectivity index (χ1v) is 7.02. The lowest BCUT2D eigenvalue weighted by atomic mass is 10.1. The molecule has 2 aromatic carbocycles. The van der Waals surface area contributed by atoms with Crippen molar-refractivity contribution in [3.63, 3.8) is 0 Å². The number of carbonyl (C=O) groups is 2. The molecule has 0 aliphatic carbocycles. The fourth-order valence-corrected chi connectivity index (χ4v) is 2.41. The Kier molecular flexibility index (Phi) is 3.55. The number of nitrogens with two attached hydrogens (primary N) is 1. The minimum absolute atomic E-state index is 0.194.